The zero-order chi connectivity index (χ0) is 14.8. The summed E-state index contributed by atoms with van der Waals surface area (Å²) in [6.45, 7) is 0.653. The number of thioether (sulfide) groups is 1. The van der Waals surface area contributed by atoms with E-state index in [2.05, 4.69) is 0 Å². The van der Waals surface area contributed by atoms with Gasteiger partial charge in [0, 0.05) is 35.1 Å². The largest absolute Gasteiger partial charge is 0.398 e. The van der Waals surface area contributed by atoms with Crippen LogP contribution in [0.2, 0.25) is 0 Å². The lowest BCUT2D eigenvalue weighted by molar-refractivity contribution is -0.119. The Bertz CT molecular complexity index is 742. The molecule has 2 aromatic rings. The van der Waals surface area contributed by atoms with E-state index in [-0.39, 0.29) is 18.0 Å². The molecule has 0 saturated carbocycles. The second-order valence-corrected chi connectivity index (χ2v) is 5.93. The number of anilines is 2. The SMILES string of the molecule is Nc1ccc(=O)n(CC(=O)N2CCSc3ccccc32)c1. The van der Waals surface area contributed by atoms with Gasteiger partial charge in [-0.3, -0.25) is 9.59 Å². The molecule has 21 heavy (non-hydrogen) atoms. The Morgan fingerprint density at radius 1 is 1.24 bits per heavy atom. The van der Waals surface area contributed by atoms with E-state index in [1.54, 1.807) is 16.7 Å². The minimum atomic E-state index is -0.225. The third-order valence-electron chi connectivity index (χ3n) is 3.34. The summed E-state index contributed by atoms with van der Waals surface area (Å²) in [7, 11) is 0. The molecule has 1 aromatic carbocycles. The molecule has 0 spiro atoms. The number of aromatic nitrogens is 1. The molecule has 0 bridgehead atoms. The third kappa shape index (κ3) is 2.80. The number of benzene rings is 1. The van der Waals surface area contributed by atoms with Crippen LogP contribution in [0.15, 0.2) is 52.3 Å². The number of nitrogens with two attached hydrogens (primary N) is 1. The number of carbonyl (C=O) groups is 1. The average molecular weight is 301 g/mol. The monoisotopic (exact) mass is 301 g/mol. The molecular formula is C15H15N3O2S. The van der Waals surface area contributed by atoms with Crippen LogP contribution in [0.4, 0.5) is 11.4 Å². The standard InChI is InChI=1S/C15H15N3O2S/c16-11-5-6-14(19)17(9-11)10-15(20)18-7-8-21-13-4-2-1-3-12(13)18/h1-6,9H,7-8,10,16H2. The number of hydrogen-bond donors (Lipinski definition) is 1. The first kappa shape index (κ1) is 13.8. The van der Waals surface area contributed by atoms with E-state index >= 15 is 0 Å². The summed E-state index contributed by atoms with van der Waals surface area (Å²) in [5.41, 5.74) is 6.83. The van der Waals surface area contributed by atoms with Gasteiger partial charge in [0.15, 0.2) is 0 Å². The van der Waals surface area contributed by atoms with Crippen LogP contribution in [0.25, 0.3) is 0 Å². The Hall–Kier alpha value is -2.21. The Kier molecular flexibility index (Phi) is 3.70. The number of nitrogen functional groups attached to an aromatic ring is 1. The van der Waals surface area contributed by atoms with Crippen LogP contribution >= 0.6 is 11.8 Å². The Morgan fingerprint density at radius 3 is 2.90 bits per heavy atom. The molecule has 0 aliphatic carbocycles. The van der Waals surface area contributed by atoms with Crippen LogP contribution < -0.4 is 16.2 Å². The molecule has 1 aliphatic rings. The van der Waals surface area contributed by atoms with Crippen molar-refractivity contribution in [1.29, 1.82) is 0 Å². The van der Waals surface area contributed by atoms with Gasteiger partial charge in [0.1, 0.15) is 6.54 Å². The second kappa shape index (κ2) is 5.65. The van der Waals surface area contributed by atoms with Crippen molar-refractivity contribution in [3.05, 3.63) is 52.9 Å². The van der Waals surface area contributed by atoms with Gasteiger partial charge in [0.25, 0.3) is 5.56 Å². The zero-order valence-corrected chi connectivity index (χ0v) is 12.2. The molecule has 0 unspecified atom stereocenters. The summed E-state index contributed by atoms with van der Waals surface area (Å²) < 4.78 is 1.35. The van der Waals surface area contributed by atoms with Crippen molar-refractivity contribution in [1.82, 2.24) is 4.57 Å². The van der Waals surface area contributed by atoms with Crippen molar-refractivity contribution in [2.45, 2.75) is 11.4 Å². The van der Waals surface area contributed by atoms with E-state index in [9.17, 15) is 9.59 Å². The molecule has 2 heterocycles. The molecule has 0 fully saturated rings. The van der Waals surface area contributed by atoms with Crippen molar-refractivity contribution in [3.8, 4) is 0 Å². The third-order valence-corrected chi connectivity index (χ3v) is 4.38. The quantitative estimate of drug-likeness (QED) is 0.914. The smallest absolute Gasteiger partial charge is 0.251 e. The number of carbonyl (C=O) groups excluding carboxylic acids is 1. The Labute approximate surface area is 126 Å². The van der Waals surface area contributed by atoms with E-state index in [0.29, 0.717) is 12.2 Å². The first-order chi connectivity index (χ1) is 10.1. The van der Waals surface area contributed by atoms with Gasteiger partial charge in [-0.05, 0) is 18.2 Å². The minimum absolute atomic E-state index is 0.00285. The predicted octanol–water partition coefficient (Wildman–Crippen LogP) is 1.57. The number of hydrogen-bond acceptors (Lipinski definition) is 4. The lowest BCUT2D eigenvalue weighted by atomic mass is 10.2. The number of nitrogens with zero attached hydrogens (tertiary/aromatic N) is 2. The van der Waals surface area contributed by atoms with E-state index < -0.39 is 0 Å². The highest BCUT2D eigenvalue weighted by Gasteiger charge is 2.22. The molecule has 0 radical (unpaired) electrons. The van der Waals surface area contributed by atoms with E-state index in [1.165, 1.54) is 22.9 Å². The number of fused-ring (bicyclic) bond motifs is 1. The molecular weight excluding hydrogens is 286 g/mol. The molecule has 1 aromatic heterocycles. The van der Waals surface area contributed by atoms with Gasteiger partial charge >= 0.3 is 0 Å². The molecule has 3 rings (SSSR count). The second-order valence-electron chi connectivity index (χ2n) is 4.79. The van der Waals surface area contributed by atoms with Gasteiger partial charge in [-0.1, -0.05) is 12.1 Å². The number of rotatable bonds is 2. The van der Waals surface area contributed by atoms with E-state index in [4.69, 9.17) is 5.73 Å². The molecule has 1 aliphatic heterocycles. The van der Waals surface area contributed by atoms with Crippen molar-refractivity contribution in [2.24, 2.45) is 0 Å². The molecule has 108 valence electrons. The fourth-order valence-corrected chi connectivity index (χ4v) is 3.33. The molecule has 1 amide bonds. The topological polar surface area (TPSA) is 68.3 Å². The van der Waals surface area contributed by atoms with Crippen LogP contribution in [-0.2, 0) is 11.3 Å². The van der Waals surface area contributed by atoms with Crippen molar-refractivity contribution in [2.75, 3.05) is 22.9 Å². The van der Waals surface area contributed by atoms with Crippen LogP contribution in [-0.4, -0.2) is 22.8 Å². The van der Waals surface area contributed by atoms with Crippen LogP contribution in [0.3, 0.4) is 0 Å². The number of pyridine rings is 1. The number of amides is 1. The maximum atomic E-state index is 12.5. The fourth-order valence-electron chi connectivity index (χ4n) is 2.33. The summed E-state index contributed by atoms with van der Waals surface area (Å²) in [6.07, 6.45) is 1.50. The lowest BCUT2D eigenvalue weighted by Gasteiger charge is -2.29. The van der Waals surface area contributed by atoms with Crippen LogP contribution in [0, 0.1) is 0 Å². The van der Waals surface area contributed by atoms with Crippen LogP contribution in [0.1, 0.15) is 0 Å². The maximum absolute atomic E-state index is 12.5. The van der Waals surface area contributed by atoms with Crippen molar-refractivity contribution >= 4 is 29.0 Å². The Morgan fingerprint density at radius 2 is 2.05 bits per heavy atom. The van der Waals surface area contributed by atoms with Gasteiger partial charge in [-0.25, -0.2) is 0 Å². The molecule has 6 heteroatoms. The van der Waals surface area contributed by atoms with Crippen molar-refractivity contribution in [3.63, 3.8) is 0 Å². The highest BCUT2D eigenvalue weighted by Crippen LogP contribution is 2.34. The molecule has 2 N–H and O–H groups in total. The molecule has 0 atom stereocenters. The number of para-hydroxylation sites is 1. The normalized spacial score (nSPS) is 13.8. The summed E-state index contributed by atoms with van der Waals surface area (Å²) in [5, 5.41) is 0. The summed E-state index contributed by atoms with van der Waals surface area (Å²) in [5.74, 6) is 0.754. The van der Waals surface area contributed by atoms with Gasteiger partial charge in [0.2, 0.25) is 5.91 Å². The highest BCUT2D eigenvalue weighted by molar-refractivity contribution is 7.99. The highest BCUT2D eigenvalue weighted by atomic mass is 32.2. The van der Waals surface area contributed by atoms with Gasteiger partial charge < -0.3 is 15.2 Å². The first-order valence-corrected chi connectivity index (χ1v) is 7.62. The van der Waals surface area contributed by atoms with Gasteiger partial charge in [-0.15, -0.1) is 11.8 Å². The fraction of sp³-hybridized carbons (Fsp3) is 0.200. The summed E-state index contributed by atoms with van der Waals surface area (Å²) in [4.78, 5) is 27.1. The van der Waals surface area contributed by atoms with Crippen LogP contribution in [0.5, 0.6) is 0 Å². The predicted molar refractivity (Wildman–Crippen MR) is 84.6 cm³/mol. The average Bonchev–Trinajstić information content (AvgIpc) is 2.50. The van der Waals surface area contributed by atoms with Gasteiger partial charge in [0.05, 0.1) is 5.69 Å². The maximum Gasteiger partial charge on any atom is 0.251 e. The first-order valence-electron chi connectivity index (χ1n) is 6.63. The zero-order valence-electron chi connectivity index (χ0n) is 11.4. The molecule has 5 nitrogen and oxygen atoms in total. The summed E-state index contributed by atoms with van der Waals surface area (Å²) in [6, 6.07) is 10.7. The minimum Gasteiger partial charge on any atom is -0.398 e. The molecule has 0 saturated heterocycles. The van der Waals surface area contributed by atoms with Gasteiger partial charge in [-0.2, -0.15) is 0 Å². The summed E-state index contributed by atoms with van der Waals surface area (Å²) >= 11 is 1.74. The lowest BCUT2D eigenvalue weighted by Crippen LogP contribution is -2.39. The van der Waals surface area contributed by atoms with E-state index in [0.717, 1.165) is 16.3 Å². The van der Waals surface area contributed by atoms with E-state index in [1.807, 2.05) is 24.3 Å². The van der Waals surface area contributed by atoms with Crippen molar-refractivity contribution < 1.29 is 4.79 Å². The Balaban J connectivity index is 1.87.